The minimum Gasteiger partial charge on any atom is -0.465 e. The van der Waals surface area contributed by atoms with Crippen LogP contribution in [0.4, 0.5) is 0 Å². The maximum atomic E-state index is 13.0. The molecule has 3 aromatic carbocycles. The molecular formula is C27H24N2O4S. The number of esters is 1. The molecule has 0 atom stereocenters. The second-order valence-corrected chi connectivity index (χ2v) is 10.5. The fourth-order valence-corrected chi connectivity index (χ4v) is 5.49. The predicted octanol–water partition coefficient (Wildman–Crippen LogP) is 4.80. The first-order valence-electron chi connectivity index (χ1n) is 11.0. The molecule has 6 nitrogen and oxygen atoms in total. The van der Waals surface area contributed by atoms with E-state index in [4.69, 9.17) is 9.84 Å². The van der Waals surface area contributed by atoms with Crippen molar-refractivity contribution >= 4 is 15.8 Å². The summed E-state index contributed by atoms with van der Waals surface area (Å²) in [7, 11) is -2.47. The summed E-state index contributed by atoms with van der Waals surface area (Å²) in [6.45, 7) is 2.01. The van der Waals surface area contributed by atoms with E-state index in [0.717, 1.165) is 45.5 Å². The van der Waals surface area contributed by atoms with Crippen LogP contribution in [0, 0.1) is 6.92 Å². The third-order valence-electron chi connectivity index (χ3n) is 6.24. The predicted molar refractivity (Wildman–Crippen MR) is 131 cm³/mol. The summed E-state index contributed by atoms with van der Waals surface area (Å²) in [6, 6.07) is 19.3. The van der Waals surface area contributed by atoms with Crippen molar-refractivity contribution in [2.24, 2.45) is 0 Å². The zero-order valence-electron chi connectivity index (χ0n) is 19.2. The van der Waals surface area contributed by atoms with E-state index in [0.29, 0.717) is 18.4 Å². The second-order valence-electron chi connectivity index (χ2n) is 8.55. The Bertz CT molecular complexity index is 1520. The number of aromatic nitrogens is 2. The molecule has 0 N–H and O–H groups in total. The highest BCUT2D eigenvalue weighted by Crippen LogP contribution is 2.44. The SMILES string of the molecule is COC(=O)c1c(S(C)(=O)=O)cc(-c2ccc(C)cc2)c2c1-c1cn(-c3ccccc3)nc1CC2. The highest BCUT2D eigenvalue weighted by atomic mass is 32.2. The zero-order valence-corrected chi connectivity index (χ0v) is 20.0. The van der Waals surface area contributed by atoms with Gasteiger partial charge in [-0.25, -0.2) is 17.9 Å². The van der Waals surface area contributed by atoms with Crippen molar-refractivity contribution in [2.45, 2.75) is 24.7 Å². The molecule has 0 spiro atoms. The smallest absolute Gasteiger partial charge is 0.339 e. The van der Waals surface area contributed by atoms with Gasteiger partial charge in [0.15, 0.2) is 9.84 Å². The monoisotopic (exact) mass is 472 g/mol. The Morgan fingerprint density at radius 1 is 1.00 bits per heavy atom. The molecule has 7 heteroatoms. The number of hydrogen-bond donors (Lipinski definition) is 0. The van der Waals surface area contributed by atoms with Crippen LogP contribution in [0.3, 0.4) is 0 Å². The minimum atomic E-state index is -3.74. The van der Waals surface area contributed by atoms with Gasteiger partial charge < -0.3 is 4.74 Å². The van der Waals surface area contributed by atoms with Crippen molar-refractivity contribution in [1.82, 2.24) is 9.78 Å². The second kappa shape index (κ2) is 8.25. The van der Waals surface area contributed by atoms with E-state index in [1.54, 1.807) is 10.7 Å². The van der Waals surface area contributed by atoms with Crippen LogP contribution in [0.5, 0.6) is 0 Å². The van der Waals surface area contributed by atoms with Gasteiger partial charge in [0.1, 0.15) is 0 Å². The molecule has 0 saturated carbocycles. The van der Waals surface area contributed by atoms with Gasteiger partial charge in [0, 0.05) is 23.6 Å². The molecule has 0 aliphatic heterocycles. The number of carbonyl (C=O) groups excluding carboxylic acids is 1. The van der Waals surface area contributed by atoms with E-state index in [9.17, 15) is 13.2 Å². The maximum Gasteiger partial charge on any atom is 0.339 e. The molecule has 0 fully saturated rings. The lowest BCUT2D eigenvalue weighted by atomic mass is 9.82. The van der Waals surface area contributed by atoms with Crippen molar-refractivity contribution in [3.63, 3.8) is 0 Å². The normalized spacial score (nSPS) is 12.7. The summed E-state index contributed by atoms with van der Waals surface area (Å²) in [5, 5.41) is 4.77. The maximum absolute atomic E-state index is 13.0. The molecule has 34 heavy (non-hydrogen) atoms. The zero-order chi connectivity index (χ0) is 24.0. The fraction of sp³-hybridized carbons (Fsp3) is 0.185. The van der Waals surface area contributed by atoms with Gasteiger partial charge in [0.25, 0.3) is 0 Å². The Morgan fingerprint density at radius 3 is 2.35 bits per heavy atom. The van der Waals surface area contributed by atoms with Crippen molar-refractivity contribution in [3.8, 4) is 27.9 Å². The third-order valence-corrected chi connectivity index (χ3v) is 7.36. The Hall–Kier alpha value is -3.71. The lowest BCUT2D eigenvalue weighted by molar-refractivity contribution is 0.0597. The summed E-state index contributed by atoms with van der Waals surface area (Å²) in [5.74, 6) is -0.674. The summed E-state index contributed by atoms with van der Waals surface area (Å²) < 4.78 is 32.7. The highest BCUT2D eigenvalue weighted by Gasteiger charge is 2.33. The number of sulfone groups is 1. The molecule has 0 bridgehead atoms. The number of ether oxygens (including phenoxy) is 1. The molecule has 1 aliphatic rings. The van der Waals surface area contributed by atoms with Gasteiger partial charge in [-0.15, -0.1) is 0 Å². The van der Waals surface area contributed by atoms with Crippen molar-refractivity contribution in [3.05, 3.63) is 89.2 Å². The van der Waals surface area contributed by atoms with Crippen LogP contribution in [0.1, 0.15) is 27.2 Å². The average molecular weight is 473 g/mol. The summed E-state index contributed by atoms with van der Waals surface area (Å²) in [4.78, 5) is 13.0. The summed E-state index contributed by atoms with van der Waals surface area (Å²) in [6.07, 6.45) is 4.31. The van der Waals surface area contributed by atoms with Crippen LogP contribution >= 0.6 is 0 Å². The molecule has 5 rings (SSSR count). The van der Waals surface area contributed by atoms with Crippen LogP contribution in [-0.2, 0) is 27.4 Å². The van der Waals surface area contributed by atoms with Gasteiger partial charge in [-0.1, -0.05) is 48.0 Å². The van der Waals surface area contributed by atoms with Crippen molar-refractivity contribution in [2.75, 3.05) is 13.4 Å². The Kier molecular flexibility index (Phi) is 5.37. The van der Waals surface area contributed by atoms with Gasteiger partial charge in [-0.2, -0.15) is 5.10 Å². The van der Waals surface area contributed by atoms with Crippen molar-refractivity contribution in [1.29, 1.82) is 0 Å². The highest BCUT2D eigenvalue weighted by molar-refractivity contribution is 7.90. The van der Waals surface area contributed by atoms with E-state index in [1.165, 1.54) is 7.11 Å². The molecule has 1 aliphatic carbocycles. The molecule has 0 amide bonds. The molecular weight excluding hydrogens is 448 g/mol. The number of carbonyl (C=O) groups is 1. The van der Waals surface area contributed by atoms with Gasteiger partial charge in [-0.3, -0.25) is 0 Å². The molecule has 4 aromatic rings. The number of para-hydroxylation sites is 1. The van der Waals surface area contributed by atoms with E-state index in [1.807, 2.05) is 67.7 Å². The largest absolute Gasteiger partial charge is 0.465 e. The number of rotatable bonds is 4. The standard InChI is InChI=1S/C27H24N2O4S/c1-17-9-11-18(12-10-17)21-15-24(34(3,31)32)26(27(30)33-2)25-20(21)13-14-23-22(25)16-29(28-23)19-7-5-4-6-8-19/h4-12,15-16H,13-14H2,1-3H3. The number of nitrogens with zero attached hydrogens (tertiary/aromatic N) is 2. The molecule has 0 radical (unpaired) electrons. The molecule has 1 heterocycles. The first-order chi connectivity index (χ1) is 16.3. The molecule has 0 saturated heterocycles. The molecule has 172 valence electrons. The first kappa shape index (κ1) is 22.1. The van der Waals surface area contributed by atoms with Gasteiger partial charge in [-0.05, 0) is 54.7 Å². The number of methoxy groups -OCH3 is 1. The third kappa shape index (κ3) is 3.72. The van der Waals surface area contributed by atoms with Gasteiger partial charge in [0.05, 0.1) is 29.0 Å². The summed E-state index contributed by atoms with van der Waals surface area (Å²) >= 11 is 0. The molecule has 1 aromatic heterocycles. The lowest BCUT2D eigenvalue weighted by Crippen LogP contribution is -2.17. The van der Waals surface area contributed by atoms with E-state index < -0.39 is 15.8 Å². The average Bonchev–Trinajstić information content (AvgIpc) is 3.28. The lowest BCUT2D eigenvalue weighted by Gasteiger charge is -2.24. The Labute approximate surface area is 198 Å². The quantitative estimate of drug-likeness (QED) is 0.399. The van der Waals surface area contributed by atoms with Crippen LogP contribution < -0.4 is 0 Å². The van der Waals surface area contributed by atoms with E-state index >= 15 is 0 Å². The van der Waals surface area contributed by atoms with Crippen LogP contribution in [-0.4, -0.2) is 37.5 Å². The van der Waals surface area contributed by atoms with Gasteiger partial charge >= 0.3 is 5.97 Å². The van der Waals surface area contributed by atoms with Crippen molar-refractivity contribution < 1.29 is 17.9 Å². The number of benzene rings is 3. The van der Waals surface area contributed by atoms with Gasteiger partial charge in [0.2, 0.25) is 0 Å². The van der Waals surface area contributed by atoms with Crippen LogP contribution in [0.15, 0.2) is 71.8 Å². The molecule has 0 unspecified atom stereocenters. The van der Waals surface area contributed by atoms with Crippen LogP contribution in [0.2, 0.25) is 0 Å². The Morgan fingerprint density at radius 2 is 1.71 bits per heavy atom. The number of aryl methyl sites for hydroxylation is 2. The number of fused-ring (bicyclic) bond motifs is 3. The fourth-order valence-electron chi connectivity index (χ4n) is 4.60. The first-order valence-corrected chi connectivity index (χ1v) is 12.9. The van der Waals surface area contributed by atoms with Crippen LogP contribution in [0.25, 0.3) is 27.9 Å². The minimum absolute atomic E-state index is 0.0333. The Balaban J connectivity index is 1.87. The van der Waals surface area contributed by atoms with E-state index in [-0.39, 0.29) is 10.5 Å². The van der Waals surface area contributed by atoms with E-state index in [2.05, 4.69) is 0 Å². The number of hydrogen-bond acceptors (Lipinski definition) is 5. The topological polar surface area (TPSA) is 78.3 Å². The summed E-state index contributed by atoms with van der Waals surface area (Å²) in [5.41, 5.74) is 6.87.